The molecule has 1 aliphatic rings. The number of carbonyl (C=O) groups is 1. The van der Waals surface area contributed by atoms with Crippen molar-refractivity contribution in [3.05, 3.63) is 65.7 Å². The van der Waals surface area contributed by atoms with Gasteiger partial charge in [0.2, 0.25) is 9.05 Å². The number of para-hydroxylation sites is 1. The van der Waals surface area contributed by atoms with Gasteiger partial charge in [-0.2, -0.15) is 0 Å². The van der Waals surface area contributed by atoms with E-state index in [9.17, 15) is 13.2 Å². The molecule has 1 aliphatic heterocycles. The van der Waals surface area contributed by atoms with Crippen molar-refractivity contribution >= 4 is 31.5 Å². The largest absolute Gasteiger partial charge is 0.444 e. The molecule has 7 heteroatoms. The Kier molecular flexibility index (Phi) is 4.78. The van der Waals surface area contributed by atoms with Gasteiger partial charge in [-0.25, -0.2) is 13.2 Å². The summed E-state index contributed by atoms with van der Waals surface area (Å²) in [6, 6.07) is 16.6. The predicted octanol–water partition coefficient (Wildman–Crippen LogP) is 3.50. The fraction of sp³-hybridized carbons (Fsp3) is 0.235. The molecule has 0 N–H and O–H groups in total. The SMILES string of the molecule is O=C(OCc1ccccc1)N1CC(CS(=O)(=O)Cl)c2ccccc21. The first kappa shape index (κ1) is 16.8. The molecular weight excluding hydrogens is 350 g/mol. The Balaban J connectivity index is 1.75. The molecule has 126 valence electrons. The topological polar surface area (TPSA) is 63.7 Å². The van der Waals surface area contributed by atoms with E-state index < -0.39 is 15.1 Å². The van der Waals surface area contributed by atoms with Crippen LogP contribution in [-0.2, 0) is 20.4 Å². The molecule has 0 saturated heterocycles. The number of hydrogen-bond acceptors (Lipinski definition) is 4. The van der Waals surface area contributed by atoms with Gasteiger partial charge in [-0.1, -0.05) is 48.5 Å². The zero-order chi connectivity index (χ0) is 17.2. The van der Waals surface area contributed by atoms with Crippen molar-refractivity contribution in [3.63, 3.8) is 0 Å². The van der Waals surface area contributed by atoms with Crippen molar-refractivity contribution < 1.29 is 17.9 Å². The Morgan fingerprint density at radius 3 is 2.50 bits per heavy atom. The fourth-order valence-corrected chi connectivity index (χ4v) is 4.07. The Morgan fingerprint density at radius 1 is 1.12 bits per heavy atom. The summed E-state index contributed by atoms with van der Waals surface area (Å²) in [6.45, 7) is 0.399. The summed E-state index contributed by atoms with van der Waals surface area (Å²) < 4.78 is 28.2. The van der Waals surface area contributed by atoms with E-state index in [4.69, 9.17) is 15.4 Å². The summed E-state index contributed by atoms with van der Waals surface area (Å²) in [6.07, 6.45) is -0.499. The van der Waals surface area contributed by atoms with E-state index in [0.717, 1.165) is 11.1 Å². The number of fused-ring (bicyclic) bond motifs is 1. The maximum atomic E-state index is 12.4. The van der Waals surface area contributed by atoms with E-state index in [2.05, 4.69) is 0 Å². The lowest BCUT2D eigenvalue weighted by Gasteiger charge is -2.17. The summed E-state index contributed by atoms with van der Waals surface area (Å²) in [5.74, 6) is -0.568. The van der Waals surface area contributed by atoms with Gasteiger partial charge in [0.05, 0.1) is 11.4 Å². The Morgan fingerprint density at radius 2 is 1.79 bits per heavy atom. The molecule has 1 atom stereocenters. The monoisotopic (exact) mass is 365 g/mol. The molecule has 0 fully saturated rings. The molecule has 24 heavy (non-hydrogen) atoms. The second-order valence-corrected chi connectivity index (χ2v) is 8.43. The van der Waals surface area contributed by atoms with Gasteiger partial charge in [-0.15, -0.1) is 0 Å². The van der Waals surface area contributed by atoms with E-state index >= 15 is 0 Å². The number of carbonyl (C=O) groups excluding carboxylic acids is 1. The molecule has 0 aliphatic carbocycles. The van der Waals surface area contributed by atoms with E-state index in [1.54, 1.807) is 12.1 Å². The minimum atomic E-state index is -3.66. The van der Waals surface area contributed by atoms with Crippen LogP contribution in [0.2, 0.25) is 0 Å². The molecular formula is C17H16ClNO4S. The maximum absolute atomic E-state index is 12.4. The first-order chi connectivity index (χ1) is 11.4. The molecule has 0 saturated carbocycles. The van der Waals surface area contributed by atoms with Crippen LogP contribution in [0.15, 0.2) is 54.6 Å². The average Bonchev–Trinajstić information content (AvgIpc) is 2.91. The highest BCUT2D eigenvalue weighted by Crippen LogP contribution is 2.37. The van der Waals surface area contributed by atoms with Crippen molar-refractivity contribution in [2.75, 3.05) is 17.2 Å². The average molecular weight is 366 g/mol. The standard InChI is InChI=1S/C17H16ClNO4S/c18-24(21,22)12-14-10-19(16-9-5-4-8-15(14)16)17(20)23-11-13-6-2-1-3-7-13/h1-9,14H,10-12H2. The molecule has 2 aromatic carbocycles. The van der Waals surface area contributed by atoms with Gasteiger partial charge in [-0.05, 0) is 17.2 Å². The van der Waals surface area contributed by atoms with Crippen molar-refractivity contribution in [1.82, 2.24) is 0 Å². The van der Waals surface area contributed by atoms with Crippen molar-refractivity contribution in [2.45, 2.75) is 12.5 Å². The van der Waals surface area contributed by atoms with Crippen LogP contribution < -0.4 is 4.90 Å². The third kappa shape index (κ3) is 3.88. The number of anilines is 1. The minimum Gasteiger partial charge on any atom is -0.444 e. The number of benzene rings is 2. The molecule has 1 amide bonds. The van der Waals surface area contributed by atoms with Crippen LogP contribution in [-0.4, -0.2) is 26.8 Å². The molecule has 2 aromatic rings. The third-order valence-electron chi connectivity index (χ3n) is 3.90. The van der Waals surface area contributed by atoms with Gasteiger partial charge >= 0.3 is 6.09 Å². The molecule has 0 spiro atoms. The minimum absolute atomic E-state index is 0.164. The fourth-order valence-electron chi connectivity index (χ4n) is 2.85. The first-order valence-electron chi connectivity index (χ1n) is 7.43. The quantitative estimate of drug-likeness (QED) is 0.778. The normalized spacial score (nSPS) is 16.7. The smallest absolute Gasteiger partial charge is 0.414 e. The Bertz CT molecular complexity index is 839. The zero-order valence-electron chi connectivity index (χ0n) is 12.8. The second kappa shape index (κ2) is 6.83. The van der Waals surface area contributed by atoms with Crippen molar-refractivity contribution in [3.8, 4) is 0 Å². The first-order valence-corrected chi connectivity index (χ1v) is 9.91. The van der Waals surface area contributed by atoms with Crippen LogP contribution >= 0.6 is 10.7 Å². The molecule has 0 radical (unpaired) electrons. The number of halogens is 1. The molecule has 1 heterocycles. The summed E-state index contributed by atoms with van der Waals surface area (Å²) in [4.78, 5) is 13.9. The van der Waals surface area contributed by atoms with Gasteiger partial charge < -0.3 is 4.74 Å². The van der Waals surface area contributed by atoms with Crippen LogP contribution in [0, 0.1) is 0 Å². The molecule has 5 nitrogen and oxygen atoms in total. The van der Waals surface area contributed by atoms with Crippen molar-refractivity contribution in [2.24, 2.45) is 0 Å². The Labute approximate surface area is 145 Å². The molecule has 1 unspecified atom stereocenters. The maximum Gasteiger partial charge on any atom is 0.414 e. The Hall–Kier alpha value is -2.05. The van der Waals surface area contributed by atoms with Crippen LogP contribution in [0.5, 0.6) is 0 Å². The summed E-state index contributed by atoms with van der Waals surface area (Å²) in [5, 5.41) is 0. The van der Waals surface area contributed by atoms with Gasteiger partial charge in [0.1, 0.15) is 6.61 Å². The summed E-state index contributed by atoms with van der Waals surface area (Å²) in [7, 11) is 1.72. The highest BCUT2D eigenvalue weighted by atomic mass is 35.7. The molecule has 3 rings (SSSR count). The third-order valence-corrected chi connectivity index (χ3v) is 5.07. The van der Waals surface area contributed by atoms with Gasteiger partial charge in [0.15, 0.2) is 0 Å². The van der Waals surface area contributed by atoms with E-state index in [-0.39, 0.29) is 24.8 Å². The van der Waals surface area contributed by atoms with Crippen LogP contribution in [0.1, 0.15) is 17.0 Å². The number of rotatable bonds is 4. The van der Waals surface area contributed by atoms with Crippen LogP contribution in [0.3, 0.4) is 0 Å². The van der Waals surface area contributed by atoms with E-state index in [1.807, 2.05) is 42.5 Å². The van der Waals surface area contributed by atoms with Gasteiger partial charge in [-0.3, -0.25) is 4.90 Å². The second-order valence-electron chi connectivity index (χ2n) is 5.61. The van der Waals surface area contributed by atoms with Crippen LogP contribution in [0.25, 0.3) is 0 Å². The van der Waals surface area contributed by atoms with Gasteiger partial charge in [0, 0.05) is 23.1 Å². The lowest BCUT2D eigenvalue weighted by molar-refractivity contribution is 0.147. The number of amides is 1. The lowest BCUT2D eigenvalue weighted by atomic mass is 10.0. The van der Waals surface area contributed by atoms with Crippen molar-refractivity contribution in [1.29, 1.82) is 0 Å². The predicted molar refractivity (Wildman–Crippen MR) is 92.8 cm³/mol. The van der Waals surface area contributed by atoms with E-state index in [1.165, 1.54) is 4.90 Å². The number of nitrogens with zero attached hydrogens (tertiary/aromatic N) is 1. The van der Waals surface area contributed by atoms with Gasteiger partial charge in [0.25, 0.3) is 0 Å². The lowest BCUT2D eigenvalue weighted by Crippen LogP contribution is -2.31. The van der Waals surface area contributed by atoms with Crippen LogP contribution in [0.4, 0.5) is 10.5 Å². The zero-order valence-corrected chi connectivity index (χ0v) is 14.3. The summed E-state index contributed by atoms with van der Waals surface area (Å²) in [5.41, 5.74) is 2.34. The highest BCUT2D eigenvalue weighted by molar-refractivity contribution is 8.13. The van der Waals surface area contributed by atoms with E-state index in [0.29, 0.717) is 5.69 Å². The molecule has 0 bridgehead atoms. The molecule has 0 aromatic heterocycles. The summed E-state index contributed by atoms with van der Waals surface area (Å²) >= 11 is 0. The number of ether oxygens (including phenoxy) is 1. The number of hydrogen-bond donors (Lipinski definition) is 0. The highest BCUT2D eigenvalue weighted by Gasteiger charge is 2.35.